The SMILES string of the molecule is [2H]c1c(-n2c3ccccc3c3ccccc32)nc(-n2c3ccccc3c3ccccc32)c([2H])c1[2H]. The van der Waals surface area contributed by atoms with Gasteiger partial charge in [-0.25, -0.2) is 4.98 Å². The summed E-state index contributed by atoms with van der Waals surface area (Å²) in [4.78, 5) is 4.95. The molecular weight excluding hydrogens is 390 g/mol. The Bertz CT molecular complexity index is 1700. The second-order valence-corrected chi connectivity index (χ2v) is 7.87. The van der Waals surface area contributed by atoms with Crippen molar-refractivity contribution in [2.75, 3.05) is 0 Å². The summed E-state index contributed by atoms with van der Waals surface area (Å²) < 4.78 is 30.2. The van der Waals surface area contributed by atoms with Gasteiger partial charge in [-0.2, -0.15) is 0 Å². The second kappa shape index (κ2) is 6.56. The fourth-order valence-corrected chi connectivity index (χ4v) is 4.81. The van der Waals surface area contributed by atoms with Crippen LogP contribution in [0, 0.1) is 0 Å². The lowest BCUT2D eigenvalue weighted by Crippen LogP contribution is -2.02. The van der Waals surface area contributed by atoms with Crippen molar-refractivity contribution in [2.45, 2.75) is 0 Å². The molecular formula is C29H19N3. The summed E-state index contributed by atoms with van der Waals surface area (Å²) in [5, 5.41) is 4.24. The molecule has 4 aromatic carbocycles. The molecule has 3 heteroatoms. The molecule has 0 saturated carbocycles. The van der Waals surface area contributed by atoms with Crippen LogP contribution in [-0.4, -0.2) is 14.1 Å². The summed E-state index contributed by atoms with van der Waals surface area (Å²) in [5.41, 5.74) is 3.67. The first kappa shape index (κ1) is 14.6. The van der Waals surface area contributed by atoms with Crippen LogP contribution >= 0.6 is 0 Å². The van der Waals surface area contributed by atoms with Gasteiger partial charge in [-0.1, -0.05) is 78.8 Å². The van der Waals surface area contributed by atoms with Gasteiger partial charge in [0.05, 0.1) is 26.2 Å². The van der Waals surface area contributed by atoms with E-state index in [1.54, 1.807) is 0 Å². The van der Waals surface area contributed by atoms with E-state index in [0.29, 0.717) is 11.6 Å². The lowest BCUT2D eigenvalue weighted by atomic mass is 10.2. The molecule has 0 aliphatic heterocycles. The number of benzene rings is 4. The highest BCUT2D eigenvalue weighted by Gasteiger charge is 2.15. The van der Waals surface area contributed by atoms with Crippen molar-refractivity contribution in [3.8, 4) is 11.6 Å². The highest BCUT2D eigenvalue weighted by molar-refractivity contribution is 6.10. The Labute approximate surface area is 189 Å². The third-order valence-electron chi connectivity index (χ3n) is 6.14. The second-order valence-electron chi connectivity index (χ2n) is 7.87. The first-order valence-corrected chi connectivity index (χ1v) is 10.6. The van der Waals surface area contributed by atoms with Crippen LogP contribution in [-0.2, 0) is 0 Å². The third kappa shape index (κ3) is 2.33. The molecule has 0 spiro atoms. The van der Waals surface area contributed by atoms with Crippen molar-refractivity contribution in [1.29, 1.82) is 0 Å². The molecule has 150 valence electrons. The lowest BCUT2D eigenvalue weighted by molar-refractivity contribution is 1.01. The molecule has 0 N–H and O–H groups in total. The topological polar surface area (TPSA) is 22.8 Å². The lowest BCUT2D eigenvalue weighted by Gasteiger charge is -2.11. The Morgan fingerprint density at radius 3 is 1.12 bits per heavy atom. The van der Waals surface area contributed by atoms with E-state index in [2.05, 4.69) is 24.3 Å². The van der Waals surface area contributed by atoms with Crippen LogP contribution in [0.15, 0.2) is 115 Å². The molecule has 0 aliphatic rings. The van der Waals surface area contributed by atoms with Crippen LogP contribution in [0.3, 0.4) is 0 Å². The molecule has 3 nitrogen and oxygen atoms in total. The normalized spacial score (nSPS) is 13.1. The number of hydrogen-bond donors (Lipinski definition) is 0. The van der Waals surface area contributed by atoms with Crippen molar-refractivity contribution in [3.63, 3.8) is 0 Å². The van der Waals surface area contributed by atoms with E-state index in [1.165, 1.54) is 0 Å². The number of pyridine rings is 1. The van der Waals surface area contributed by atoms with Crippen molar-refractivity contribution in [3.05, 3.63) is 115 Å². The molecule has 0 aliphatic carbocycles. The van der Waals surface area contributed by atoms with E-state index in [-0.39, 0.29) is 18.1 Å². The fraction of sp³-hybridized carbons (Fsp3) is 0. The monoisotopic (exact) mass is 412 g/mol. The predicted molar refractivity (Wildman–Crippen MR) is 133 cm³/mol. The van der Waals surface area contributed by atoms with E-state index in [0.717, 1.165) is 43.6 Å². The number of rotatable bonds is 2. The van der Waals surface area contributed by atoms with Crippen LogP contribution in [0.4, 0.5) is 0 Å². The van der Waals surface area contributed by atoms with Gasteiger partial charge in [0, 0.05) is 21.5 Å². The zero-order chi connectivity index (χ0) is 23.7. The Balaban J connectivity index is 1.64. The highest BCUT2D eigenvalue weighted by atomic mass is 15.1. The Kier molecular flexibility index (Phi) is 2.99. The van der Waals surface area contributed by atoms with Crippen LogP contribution in [0.5, 0.6) is 0 Å². The summed E-state index contributed by atoms with van der Waals surface area (Å²) in [5.74, 6) is 0.695. The fourth-order valence-electron chi connectivity index (χ4n) is 4.81. The first-order valence-electron chi connectivity index (χ1n) is 12.1. The van der Waals surface area contributed by atoms with E-state index in [9.17, 15) is 0 Å². The standard InChI is InChI=1S/C29H19N3/c1-5-14-24-20(10-1)21-11-2-6-15-25(21)31(24)28-18-9-19-29(30-28)32-26-16-7-3-12-22(26)23-13-4-8-17-27(23)32/h1-19H/i9D,18D,19D. The summed E-state index contributed by atoms with van der Waals surface area (Å²) in [6, 6.07) is 31.9. The quantitative estimate of drug-likeness (QED) is 0.293. The van der Waals surface area contributed by atoms with Crippen LogP contribution in [0.1, 0.15) is 4.11 Å². The van der Waals surface area contributed by atoms with E-state index in [4.69, 9.17) is 9.10 Å². The average molecular weight is 413 g/mol. The molecule has 3 heterocycles. The summed E-state index contributed by atoms with van der Waals surface area (Å²) >= 11 is 0. The molecule has 0 atom stereocenters. The molecule has 0 radical (unpaired) electrons. The maximum Gasteiger partial charge on any atom is 0.140 e. The minimum atomic E-state index is -0.145. The Morgan fingerprint density at radius 1 is 0.469 bits per heavy atom. The van der Waals surface area contributed by atoms with E-state index in [1.807, 2.05) is 81.9 Å². The van der Waals surface area contributed by atoms with Gasteiger partial charge in [-0.3, -0.25) is 9.13 Å². The molecule has 0 unspecified atom stereocenters. The van der Waals surface area contributed by atoms with Crippen molar-refractivity contribution in [1.82, 2.24) is 14.1 Å². The van der Waals surface area contributed by atoms with Gasteiger partial charge in [0.1, 0.15) is 11.6 Å². The van der Waals surface area contributed by atoms with E-state index >= 15 is 0 Å². The molecule has 3 aromatic heterocycles. The van der Waals surface area contributed by atoms with Gasteiger partial charge in [-0.15, -0.1) is 0 Å². The summed E-state index contributed by atoms with van der Waals surface area (Å²) in [7, 11) is 0. The smallest absolute Gasteiger partial charge is 0.140 e. The summed E-state index contributed by atoms with van der Waals surface area (Å²) in [6.07, 6.45) is 0. The molecule has 0 bridgehead atoms. The third-order valence-corrected chi connectivity index (χ3v) is 6.14. The van der Waals surface area contributed by atoms with Gasteiger partial charge in [0.2, 0.25) is 0 Å². The first-order chi connectivity index (χ1) is 17.1. The predicted octanol–water partition coefficient (Wildman–Crippen LogP) is 7.28. The zero-order valence-electron chi connectivity index (χ0n) is 20.1. The maximum absolute atomic E-state index is 8.81. The molecule has 7 aromatic rings. The number of hydrogen-bond acceptors (Lipinski definition) is 1. The van der Waals surface area contributed by atoms with Crippen LogP contribution in [0.2, 0.25) is 0 Å². The number of aromatic nitrogens is 3. The Morgan fingerprint density at radius 2 is 0.781 bits per heavy atom. The minimum Gasteiger partial charge on any atom is -0.294 e. The number of para-hydroxylation sites is 4. The minimum absolute atomic E-state index is 0.0639. The van der Waals surface area contributed by atoms with Crippen LogP contribution in [0.25, 0.3) is 55.2 Å². The largest absolute Gasteiger partial charge is 0.294 e. The Hall–Kier alpha value is -4.37. The maximum atomic E-state index is 8.81. The van der Waals surface area contributed by atoms with Gasteiger partial charge in [0.15, 0.2) is 0 Å². The average Bonchev–Trinajstić information content (AvgIpc) is 3.41. The molecule has 0 amide bonds. The number of fused-ring (bicyclic) bond motifs is 6. The van der Waals surface area contributed by atoms with E-state index < -0.39 is 0 Å². The van der Waals surface area contributed by atoms with Crippen molar-refractivity contribution in [2.24, 2.45) is 0 Å². The van der Waals surface area contributed by atoms with Crippen molar-refractivity contribution < 1.29 is 4.11 Å². The van der Waals surface area contributed by atoms with Gasteiger partial charge in [-0.05, 0) is 36.4 Å². The number of nitrogens with zero attached hydrogens (tertiary/aromatic N) is 3. The molecule has 0 fully saturated rings. The summed E-state index contributed by atoms with van der Waals surface area (Å²) in [6.45, 7) is 0. The molecule has 0 saturated heterocycles. The van der Waals surface area contributed by atoms with Crippen LogP contribution < -0.4 is 0 Å². The van der Waals surface area contributed by atoms with Gasteiger partial charge < -0.3 is 0 Å². The molecule has 7 rings (SSSR count). The van der Waals surface area contributed by atoms with Crippen molar-refractivity contribution >= 4 is 43.6 Å². The highest BCUT2D eigenvalue weighted by Crippen LogP contribution is 2.33. The van der Waals surface area contributed by atoms with Gasteiger partial charge in [0.25, 0.3) is 0 Å². The zero-order valence-corrected chi connectivity index (χ0v) is 17.1. The van der Waals surface area contributed by atoms with Gasteiger partial charge >= 0.3 is 0 Å². The molecule has 32 heavy (non-hydrogen) atoms.